The van der Waals surface area contributed by atoms with Crippen LogP contribution in [0, 0.1) is 0 Å². The molecule has 262 valence electrons. The number of hydrogen-bond acceptors (Lipinski definition) is 5. The van der Waals surface area contributed by atoms with Crippen LogP contribution in [0.5, 0.6) is 0 Å². The highest BCUT2D eigenvalue weighted by Gasteiger charge is 2.23. The van der Waals surface area contributed by atoms with Gasteiger partial charge in [0.05, 0.1) is 0 Å². The fourth-order valence-electron chi connectivity index (χ4n) is 7.96. The Labute approximate surface area is 322 Å². The SMILES string of the molecule is c1ccc(-c2cccc(-c3nc(-c4ccccc4)nc(-c4cccc5oc6c(-c7ccc(-c8ccccc8)c8c7oc7ccccc78)cccc6c45)n3)c2)cc1. The molecular weight excluding hydrogens is 687 g/mol. The minimum atomic E-state index is 0.574. The molecule has 56 heavy (non-hydrogen) atoms. The van der Waals surface area contributed by atoms with Crippen molar-refractivity contribution in [2.45, 2.75) is 0 Å². The van der Waals surface area contributed by atoms with Crippen molar-refractivity contribution >= 4 is 43.9 Å². The molecule has 0 N–H and O–H groups in total. The Morgan fingerprint density at radius 1 is 0.286 bits per heavy atom. The Hall–Kier alpha value is -7.63. The Morgan fingerprint density at radius 3 is 1.61 bits per heavy atom. The molecule has 0 spiro atoms. The van der Waals surface area contributed by atoms with Crippen molar-refractivity contribution in [3.8, 4) is 67.5 Å². The monoisotopic (exact) mass is 717 g/mol. The summed E-state index contributed by atoms with van der Waals surface area (Å²) in [5, 5.41) is 4.08. The van der Waals surface area contributed by atoms with E-state index in [9.17, 15) is 0 Å². The van der Waals surface area contributed by atoms with Crippen LogP contribution in [0.4, 0.5) is 0 Å². The zero-order valence-corrected chi connectivity index (χ0v) is 30.1. The molecule has 0 unspecified atom stereocenters. The predicted octanol–water partition coefficient (Wildman–Crippen LogP) is 13.7. The minimum absolute atomic E-state index is 0.574. The third kappa shape index (κ3) is 5.29. The van der Waals surface area contributed by atoms with Crippen molar-refractivity contribution in [1.29, 1.82) is 0 Å². The van der Waals surface area contributed by atoms with Crippen molar-refractivity contribution in [3.63, 3.8) is 0 Å². The predicted molar refractivity (Wildman–Crippen MR) is 227 cm³/mol. The highest BCUT2D eigenvalue weighted by Crippen LogP contribution is 2.45. The van der Waals surface area contributed by atoms with E-state index in [4.69, 9.17) is 23.8 Å². The first-order valence-electron chi connectivity index (χ1n) is 18.7. The lowest BCUT2D eigenvalue weighted by atomic mass is 9.94. The maximum Gasteiger partial charge on any atom is 0.164 e. The number of benzene rings is 8. The Morgan fingerprint density at radius 2 is 0.804 bits per heavy atom. The van der Waals surface area contributed by atoms with Gasteiger partial charge in [0, 0.05) is 49.4 Å². The molecule has 0 radical (unpaired) electrons. The Kier molecular flexibility index (Phi) is 7.42. The van der Waals surface area contributed by atoms with Crippen LogP contribution >= 0.6 is 0 Å². The van der Waals surface area contributed by atoms with Gasteiger partial charge >= 0.3 is 0 Å². The van der Waals surface area contributed by atoms with Gasteiger partial charge in [-0.25, -0.2) is 15.0 Å². The third-order valence-electron chi connectivity index (χ3n) is 10.6. The van der Waals surface area contributed by atoms with E-state index in [0.717, 1.165) is 93.9 Å². The average Bonchev–Trinajstić information content (AvgIpc) is 3.86. The highest BCUT2D eigenvalue weighted by atomic mass is 16.3. The molecule has 0 aliphatic heterocycles. The van der Waals surface area contributed by atoms with E-state index >= 15 is 0 Å². The summed E-state index contributed by atoms with van der Waals surface area (Å²) in [6, 6.07) is 64.3. The van der Waals surface area contributed by atoms with E-state index < -0.39 is 0 Å². The molecule has 11 aromatic rings. The second-order valence-corrected chi connectivity index (χ2v) is 13.9. The molecule has 8 aromatic carbocycles. The second kappa shape index (κ2) is 13.0. The number of fused-ring (bicyclic) bond motifs is 6. The standard InChI is InChI=1S/C51H31N3O2/c1-4-15-32(16-5-1)35-21-12-22-36(31-35)50-52-49(34-19-8-3-9-20-34)53-51(54-50)42-26-14-28-44-45(42)41-25-13-24-38(47(41)56-44)39-30-29-37(33-17-6-2-7-18-33)46-40-23-10-11-27-43(40)55-48(39)46/h1-31H. The summed E-state index contributed by atoms with van der Waals surface area (Å²) in [6.07, 6.45) is 0. The Balaban J connectivity index is 1.12. The number of furan rings is 2. The molecule has 0 bridgehead atoms. The number of para-hydroxylation sites is 2. The topological polar surface area (TPSA) is 65.0 Å². The first kappa shape index (κ1) is 31.9. The van der Waals surface area contributed by atoms with Crippen molar-refractivity contribution in [2.75, 3.05) is 0 Å². The molecule has 0 amide bonds. The van der Waals surface area contributed by atoms with Gasteiger partial charge in [0.15, 0.2) is 17.5 Å². The molecule has 0 aliphatic rings. The minimum Gasteiger partial charge on any atom is -0.455 e. The first-order chi connectivity index (χ1) is 27.8. The van der Waals surface area contributed by atoms with Crippen molar-refractivity contribution < 1.29 is 8.83 Å². The van der Waals surface area contributed by atoms with Gasteiger partial charge in [0.25, 0.3) is 0 Å². The van der Waals surface area contributed by atoms with Crippen LogP contribution in [0.3, 0.4) is 0 Å². The molecule has 3 heterocycles. The maximum absolute atomic E-state index is 6.82. The zero-order valence-electron chi connectivity index (χ0n) is 30.1. The van der Waals surface area contributed by atoms with Gasteiger partial charge in [0.2, 0.25) is 0 Å². The first-order valence-corrected chi connectivity index (χ1v) is 18.7. The molecule has 11 rings (SSSR count). The molecule has 0 aliphatic carbocycles. The summed E-state index contributed by atoms with van der Waals surface area (Å²) in [5.74, 6) is 1.78. The largest absolute Gasteiger partial charge is 0.455 e. The second-order valence-electron chi connectivity index (χ2n) is 13.9. The molecule has 3 aromatic heterocycles. The molecule has 0 fully saturated rings. The van der Waals surface area contributed by atoms with E-state index in [0.29, 0.717) is 17.5 Å². The van der Waals surface area contributed by atoms with Crippen molar-refractivity contribution in [3.05, 3.63) is 188 Å². The van der Waals surface area contributed by atoms with Crippen LogP contribution in [-0.4, -0.2) is 15.0 Å². The molecular formula is C51H31N3O2. The van der Waals surface area contributed by atoms with Crippen LogP contribution in [0.1, 0.15) is 0 Å². The van der Waals surface area contributed by atoms with E-state index in [2.05, 4.69) is 121 Å². The average molecular weight is 718 g/mol. The van der Waals surface area contributed by atoms with E-state index in [1.165, 1.54) is 0 Å². The molecule has 0 atom stereocenters. The van der Waals surface area contributed by atoms with Crippen LogP contribution < -0.4 is 0 Å². The Bertz CT molecular complexity index is 3240. The lowest BCUT2D eigenvalue weighted by molar-refractivity contribution is 0.665. The lowest BCUT2D eigenvalue weighted by Crippen LogP contribution is -2.00. The quantitative estimate of drug-likeness (QED) is 0.171. The third-order valence-corrected chi connectivity index (χ3v) is 10.6. The normalized spacial score (nSPS) is 11.6. The lowest BCUT2D eigenvalue weighted by Gasteiger charge is -2.10. The highest BCUT2D eigenvalue weighted by molar-refractivity contribution is 6.20. The van der Waals surface area contributed by atoms with Gasteiger partial charge in [-0.05, 0) is 46.5 Å². The summed E-state index contributed by atoms with van der Waals surface area (Å²) in [7, 11) is 0. The van der Waals surface area contributed by atoms with Gasteiger partial charge < -0.3 is 8.83 Å². The molecule has 0 saturated heterocycles. The molecule has 0 saturated carbocycles. The van der Waals surface area contributed by atoms with Gasteiger partial charge in [-0.15, -0.1) is 0 Å². The smallest absolute Gasteiger partial charge is 0.164 e. The summed E-state index contributed by atoms with van der Waals surface area (Å²) >= 11 is 0. The van der Waals surface area contributed by atoms with Gasteiger partial charge in [-0.2, -0.15) is 0 Å². The van der Waals surface area contributed by atoms with Gasteiger partial charge in [-0.1, -0.05) is 164 Å². The van der Waals surface area contributed by atoms with Crippen LogP contribution in [0.25, 0.3) is 111 Å². The number of hydrogen-bond donors (Lipinski definition) is 0. The molecule has 5 nitrogen and oxygen atoms in total. The van der Waals surface area contributed by atoms with Crippen LogP contribution in [-0.2, 0) is 0 Å². The fourth-order valence-corrected chi connectivity index (χ4v) is 7.96. The van der Waals surface area contributed by atoms with Gasteiger partial charge in [-0.3, -0.25) is 0 Å². The summed E-state index contributed by atoms with van der Waals surface area (Å²) < 4.78 is 13.5. The maximum atomic E-state index is 6.82. The fraction of sp³-hybridized carbons (Fsp3) is 0. The van der Waals surface area contributed by atoms with E-state index in [1.54, 1.807) is 0 Å². The zero-order chi connectivity index (χ0) is 37.0. The molecule has 5 heteroatoms. The van der Waals surface area contributed by atoms with Crippen LogP contribution in [0.2, 0.25) is 0 Å². The number of nitrogens with zero attached hydrogens (tertiary/aromatic N) is 3. The summed E-state index contributed by atoms with van der Waals surface area (Å²) in [5.41, 5.74) is 12.3. The number of rotatable bonds is 6. The van der Waals surface area contributed by atoms with E-state index in [-0.39, 0.29) is 0 Å². The van der Waals surface area contributed by atoms with Crippen molar-refractivity contribution in [1.82, 2.24) is 15.0 Å². The summed E-state index contributed by atoms with van der Waals surface area (Å²) in [6.45, 7) is 0. The van der Waals surface area contributed by atoms with E-state index in [1.807, 2.05) is 66.7 Å². The van der Waals surface area contributed by atoms with Crippen LogP contribution in [0.15, 0.2) is 197 Å². The van der Waals surface area contributed by atoms with Gasteiger partial charge in [0.1, 0.15) is 22.3 Å². The summed E-state index contributed by atoms with van der Waals surface area (Å²) in [4.78, 5) is 15.3. The van der Waals surface area contributed by atoms with Crippen molar-refractivity contribution in [2.24, 2.45) is 0 Å². The number of aromatic nitrogens is 3.